The smallest absolute Gasteiger partial charge is 0.236 e. The molecule has 5 nitrogen and oxygen atoms in total. The Bertz CT molecular complexity index is 383. The number of nitrogens with two attached hydrogens (primary N) is 1. The van der Waals surface area contributed by atoms with Crippen LogP contribution in [0, 0.1) is 0 Å². The van der Waals surface area contributed by atoms with Crippen molar-refractivity contribution in [3.05, 3.63) is 22.4 Å². The van der Waals surface area contributed by atoms with Gasteiger partial charge in [0, 0.05) is 17.8 Å². The van der Waals surface area contributed by atoms with E-state index in [0.717, 1.165) is 4.88 Å². The van der Waals surface area contributed by atoms with E-state index < -0.39 is 6.10 Å². The second-order valence-electron chi connectivity index (χ2n) is 4.29. The van der Waals surface area contributed by atoms with Crippen LogP contribution < -0.4 is 5.73 Å². The maximum atomic E-state index is 11.7. The summed E-state index contributed by atoms with van der Waals surface area (Å²) in [5.74, 6) is -0.0818. The van der Waals surface area contributed by atoms with Crippen LogP contribution in [0.1, 0.15) is 17.4 Å². The van der Waals surface area contributed by atoms with Crippen molar-refractivity contribution in [2.45, 2.75) is 18.6 Å². The molecule has 1 aliphatic rings. The third-order valence-corrected chi connectivity index (χ3v) is 4.06. The predicted molar refractivity (Wildman–Crippen MR) is 69.3 cm³/mol. The summed E-state index contributed by atoms with van der Waals surface area (Å²) in [6, 6.07) is 3.71. The van der Waals surface area contributed by atoms with Gasteiger partial charge in [-0.1, -0.05) is 6.07 Å². The first-order chi connectivity index (χ1) is 8.72. The monoisotopic (exact) mass is 270 g/mol. The van der Waals surface area contributed by atoms with Gasteiger partial charge >= 0.3 is 0 Å². The summed E-state index contributed by atoms with van der Waals surface area (Å²) >= 11 is 1.52. The van der Waals surface area contributed by atoms with Gasteiger partial charge in [-0.05, 0) is 11.4 Å². The molecule has 18 heavy (non-hydrogen) atoms. The molecule has 0 aromatic carbocycles. The van der Waals surface area contributed by atoms with Crippen LogP contribution in [-0.2, 0) is 9.53 Å². The average molecular weight is 270 g/mol. The van der Waals surface area contributed by atoms with E-state index >= 15 is 0 Å². The van der Waals surface area contributed by atoms with Crippen LogP contribution in [0.15, 0.2) is 17.5 Å². The molecule has 1 fully saturated rings. The van der Waals surface area contributed by atoms with Crippen LogP contribution in [0.4, 0.5) is 0 Å². The number of carbonyl (C=O) groups excluding carboxylic acids is 1. The van der Waals surface area contributed by atoms with Crippen molar-refractivity contribution < 1.29 is 14.6 Å². The molecule has 0 aliphatic carbocycles. The largest absolute Gasteiger partial charge is 0.387 e. The zero-order chi connectivity index (χ0) is 13.0. The fourth-order valence-electron chi connectivity index (χ4n) is 2.15. The van der Waals surface area contributed by atoms with Crippen molar-refractivity contribution >= 4 is 17.2 Å². The Morgan fingerprint density at radius 3 is 3.22 bits per heavy atom. The molecule has 0 radical (unpaired) electrons. The van der Waals surface area contributed by atoms with E-state index in [4.69, 9.17) is 10.5 Å². The van der Waals surface area contributed by atoms with E-state index in [0.29, 0.717) is 26.2 Å². The van der Waals surface area contributed by atoms with Crippen molar-refractivity contribution in [2.75, 3.05) is 26.3 Å². The van der Waals surface area contributed by atoms with Crippen LogP contribution >= 0.6 is 11.3 Å². The maximum absolute atomic E-state index is 11.7. The molecule has 2 rings (SSSR count). The molecule has 1 amide bonds. The van der Waals surface area contributed by atoms with Crippen molar-refractivity contribution in [3.8, 4) is 0 Å². The molecule has 0 saturated carbocycles. The molecule has 0 spiro atoms. The van der Waals surface area contributed by atoms with Crippen LogP contribution in [-0.4, -0.2) is 48.3 Å². The number of nitrogens with zero attached hydrogens (tertiary/aromatic N) is 1. The molecular formula is C12H18N2O3S. The molecule has 2 unspecified atom stereocenters. The van der Waals surface area contributed by atoms with E-state index in [9.17, 15) is 9.90 Å². The molecule has 1 aliphatic heterocycles. The number of aliphatic hydroxyl groups is 1. The highest BCUT2D eigenvalue weighted by molar-refractivity contribution is 7.10. The van der Waals surface area contributed by atoms with E-state index in [1.165, 1.54) is 11.3 Å². The number of rotatable bonds is 4. The highest BCUT2D eigenvalue weighted by atomic mass is 32.1. The first-order valence-electron chi connectivity index (χ1n) is 6.01. The fourth-order valence-corrected chi connectivity index (χ4v) is 2.88. The van der Waals surface area contributed by atoms with Gasteiger partial charge in [-0.15, -0.1) is 11.3 Å². The number of carbonyl (C=O) groups is 1. The zero-order valence-corrected chi connectivity index (χ0v) is 10.9. The van der Waals surface area contributed by atoms with Gasteiger partial charge in [-0.3, -0.25) is 4.79 Å². The van der Waals surface area contributed by atoms with Crippen molar-refractivity contribution in [2.24, 2.45) is 5.73 Å². The quantitative estimate of drug-likeness (QED) is 0.828. The van der Waals surface area contributed by atoms with Gasteiger partial charge in [-0.25, -0.2) is 0 Å². The topological polar surface area (TPSA) is 75.8 Å². The van der Waals surface area contributed by atoms with Crippen molar-refractivity contribution in [1.29, 1.82) is 0 Å². The summed E-state index contributed by atoms with van der Waals surface area (Å²) < 4.78 is 5.38. The summed E-state index contributed by atoms with van der Waals surface area (Å²) in [6.07, 6.45) is -0.0588. The molecular weight excluding hydrogens is 252 g/mol. The Labute approximate surface area is 110 Å². The first-order valence-corrected chi connectivity index (χ1v) is 6.89. The number of hydrogen-bond acceptors (Lipinski definition) is 5. The lowest BCUT2D eigenvalue weighted by atomic mass is 10.1. The van der Waals surface area contributed by atoms with E-state index in [2.05, 4.69) is 0 Å². The maximum Gasteiger partial charge on any atom is 0.236 e. The summed E-state index contributed by atoms with van der Waals surface area (Å²) in [6.45, 7) is 1.56. The van der Waals surface area contributed by atoms with Crippen LogP contribution in [0.2, 0.25) is 0 Å². The molecule has 2 heterocycles. The zero-order valence-electron chi connectivity index (χ0n) is 10.1. The Hall–Kier alpha value is -0.950. The average Bonchev–Trinajstić information content (AvgIpc) is 2.92. The summed E-state index contributed by atoms with van der Waals surface area (Å²) in [7, 11) is 0. The highest BCUT2D eigenvalue weighted by Crippen LogP contribution is 2.25. The van der Waals surface area contributed by atoms with Crippen molar-refractivity contribution in [3.63, 3.8) is 0 Å². The van der Waals surface area contributed by atoms with Gasteiger partial charge in [-0.2, -0.15) is 0 Å². The number of hydrogen-bond donors (Lipinski definition) is 2. The molecule has 6 heteroatoms. The summed E-state index contributed by atoms with van der Waals surface area (Å²) in [4.78, 5) is 14.4. The van der Waals surface area contributed by atoms with Gasteiger partial charge in [0.15, 0.2) is 0 Å². The van der Waals surface area contributed by atoms with Crippen molar-refractivity contribution in [1.82, 2.24) is 4.90 Å². The van der Waals surface area contributed by atoms with Gasteiger partial charge in [0.05, 0.1) is 31.9 Å². The predicted octanol–water partition coefficient (Wildman–Crippen LogP) is 0.358. The first kappa shape index (κ1) is 13.5. The summed E-state index contributed by atoms with van der Waals surface area (Å²) in [5.41, 5.74) is 5.40. The van der Waals surface area contributed by atoms with Crippen LogP contribution in [0.25, 0.3) is 0 Å². The standard InChI is InChI=1S/C12H18N2O3S/c13-7-12(16)14-3-4-17-8-9(14)6-10(15)11-2-1-5-18-11/h1-2,5,9-10,15H,3-4,6-8,13H2. The van der Waals surface area contributed by atoms with E-state index in [-0.39, 0.29) is 18.5 Å². The Morgan fingerprint density at radius 1 is 1.72 bits per heavy atom. The lowest BCUT2D eigenvalue weighted by molar-refractivity contribution is -0.139. The number of thiophene rings is 1. The number of aliphatic hydroxyl groups excluding tert-OH is 1. The summed E-state index contributed by atoms with van der Waals surface area (Å²) in [5, 5.41) is 12.0. The Balaban J connectivity index is 1.99. The second kappa shape index (κ2) is 6.29. The van der Waals surface area contributed by atoms with E-state index in [1.54, 1.807) is 4.90 Å². The minimum atomic E-state index is -0.551. The molecule has 100 valence electrons. The van der Waals surface area contributed by atoms with Gasteiger partial charge < -0.3 is 20.5 Å². The lowest BCUT2D eigenvalue weighted by Crippen LogP contribution is -2.51. The second-order valence-corrected chi connectivity index (χ2v) is 5.27. The minimum Gasteiger partial charge on any atom is -0.387 e. The fraction of sp³-hybridized carbons (Fsp3) is 0.583. The SMILES string of the molecule is NCC(=O)N1CCOCC1CC(O)c1cccs1. The van der Waals surface area contributed by atoms with Gasteiger partial charge in [0.1, 0.15) is 0 Å². The Morgan fingerprint density at radius 2 is 2.56 bits per heavy atom. The Kier molecular flexibility index (Phi) is 4.71. The van der Waals surface area contributed by atoms with Gasteiger partial charge in [0.2, 0.25) is 5.91 Å². The third-order valence-electron chi connectivity index (χ3n) is 3.09. The number of ether oxygens (including phenoxy) is 1. The molecule has 1 aromatic rings. The van der Waals surface area contributed by atoms with Crippen LogP contribution in [0.5, 0.6) is 0 Å². The number of morpholine rings is 1. The van der Waals surface area contributed by atoms with Crippen LogP contribution in [0.3, 0.4) is 0 Å². The lowest BCUT2D eigenvalue weighted by Gasteiger charge is -2.36. The minimum absolute atomic E-state index is 0.00555. The number of amides is 1. The molecule has 0 bridgehead atoms. The highest BCUT2D eigenvalue weighted by Gasteiger charge is 2.28. The van der Waals surface area contributed by atoms with E-state index in [1.807, 2.05) is 17.5 Å². The molecule has 1 saturated heterocycles. The third kappa shape index (κ3) is 3.08. The molecule has 2 atom stereocenters. The molecule has 3 N–H and O–H groups in total. The normalized spacial score (nSPS) is 21.9. The molecule has 1 aromatic heterocycles. The van der Waals surface area contributed by atoms with Gasteiger partial charge in [0.25, 0.3) is 0 Å².